The third-order valence-corrected chi connectivity index (χ3v) is 5.27. The van der Waals surface area contributed by atoms with Crippen molar-refractivity contribution in [3.05, 3.63) is 42.0 Å². The predicted octanol–water partition coefficient (Wildman–Crippen LogP) is 2.47. The zero-order chi connectivity index (χ0) is 17.1. The van der Waals surface area contributed by atoms with Gasteiger partial charge in [0.25, 0.3) is 0 Å². The third kappa shape index (κ3) is 3.74. The van der Waals surface area contributed by atoms with Crippen LogP contribution in [0.4, 0.5) is 5.82 Å². The maximum atomic E-state index is 5.21. The molecule has 132 valence electrons. The highest BCUT2D eigenvalue weighted by molar-refractivity contribution is 5.40. The maximum absolute atomic E-state index is 5.21. The normalized spacial score (nSPS) is 18.8. The van der Waals surface area contributed by atoms with E-state index in [-0.39, 0.29) is 0 Å². The number of ether oxygens (including phenoxy) is 1. The SMILES string of the molecule is COc1cccc(CN2CCN(c3cc(C4CCC4)ncn3)CC2)n1. The van der Waals surface area contributed by atoms with Gasteiger partial charge in [-0.2, -0.15) is 0 Å². The first-order chi connectivity index (χ1) is 12.3. The van der Waals surface area contributed by atoms with Gasteiger partial charge < -0.3 is 9.64 Å². The van der Waals surface area contributed by atoms with E-state index in [1.54, 1.807) is 13.4 Å². The highest BCUT2D eigenvalue weighted by Crippen LogP contribution is 2.35. The van der Waals surface area contributed by atoms with Crippen molar-refractivity contribution in [3.8, 4) is 5.88 Å². The van der Waals surface area contributed by atoms with Gasteiger partial charge in [-0.3, -0.25) is 4.90 Å². The molecule has 1 saturated carbocycles. The van der Waals surface area contributed by atoms with Gasteiger partial charge in [-0.05, 0) is 18.9 Å². The van der Waals surface area contributed by atoms with E-state index in [2.05, 4.69) is 36.9 Å². The lowest BCUT2D eigenvalue weighted by molar-refractivity contribution is 0.245. The third-order valence-electron chi connectivity index (χ3n) is 5.27. The highest BCUT2D eigenvalue weighted by atomic mass is 16.5. The smallest absolute Gasteiger partial charge is 0.213 e. The fourth-order valence-electron chi connectivity index (χ4n) is 3.49. The number of aromatic nitrogens is 3. The average molecular weight is 339 g/mol. The molecule has 1 saturated heterocycles. The molecule has 6 heteroatoms. The Morgan fingerprint density at radius 2 is 1.96 bits per heavy atom. The van der Waals surface area contributed by atoms with Crippen LogP contribution in [0.2, 0.25) is 0 Å². The van der Waals surface area contributed by atoms with Crippen molar-refractivity contribution in [1.29, 1.82) is 0 Å². The van der Waals surface area contributed by atoms with Crippen molar-refractivity contribution in [2.24, 2.45) is 0 Å². The van der Waals surface area contributed by atoms with Crippen molar-refractivity contribution >= 4 is 5.82 Å². The van der Waals surface area contributed by atoms with E-state index in [0.717, 1.165) is 44.2 Å². The number of anilines is 1. The van der Waals surface area contributed by atoms with Crippen LogP contribution in [0.15, 0.2) is 30.6 Å². The Labute approximate surface area is 148 Å². The summed E-state index contributed by atoms with van der Waals surface area (Å²) in [5.41, 5.74) is 2.28. The van der Waals surface area contributed by atoms with Crippen LogP contribution < -0.4 is 9.64 Å². The van der Waals surface area contributed by atoms with Gasteiger partial charge in [0.15, 0.2) is 0 Å². The molecule has 0 aromatic carbocycles. The van der Waals surface area contributed by atoms with Crippen LogP contribution in [-0.2, 0) is 6.54 Å². The summed E-state index contributed by atoms with van der Waals surface area (Å²) in [7, 11) is 1.66. The van der Waals surface area contributed by atoms with Crippen LogP contribution >= 0.6 is 0 Å². The van der Waals surface area contributed by atoms with E-state index >= 15 is 0 Å². The standard InChI is InChI=1S/C19H25N5O/c1-25-19-7-3-6-16(22-19)13-23-8-10-24(11-9-23)18-12-17(20-14-21-18)15-4-2-5-15/h3,6-7,12,14-15H,2,4-5,8-11,13H2,1H3. The summed E-state index contributed by atoms with van der Waals surface area (Å²) < 4.78 is 5.21. The number of hydrogen-bond acceptors (Lipinski definition) is 6. The highest BCUT2D eigenvalue weighted by Gasteiger charge is 2.23. The number of methoxy groups -OCH3 is 1. The summed E-state index contributed by atoms with van der Waals surface area (Å²) in [5.74, 6) is 2.42. The fourth-order valence-corrected chi connectivity index (χ4v) is 3.49. The second-order valence-electron chi connectivity index (χ2n) is 6.86. The molecule has 0 atom stereocenters. The molecular weight excluding hydrogens is 314 g/mol. The Hall–Kier alpha value is -2.21. The molecule has 0 radical (unpaired) electrons. The molecule has 0 N–H and O–H groups in total. The Morgan fingerprint density at radius 3 is 2.68 bits per heavy atom. The molecule has 3 heterocycles. The summed E-state index contributed by atoms with van der Waals surface area (Å²) >= 11 is 0. The van der Waals surface area contributed by atoms with E-state index in [4.69, 9.17) is 4.74 Å². The Bertz CT molecular complexity index is 710. The first-order valence-corrected chi connectivity index (χ1v) is 9.11. The van der Waals surface area contributed by atoms with E-state index in [9.17, 15) is 0 Å². The lowest BCUT2D eigenvalue weighted by atomic mass is 9.83. The number of piperazine rings is 1. The second kappa shape index (κ2) is 7.35. The van der Waals surface area contributed by atoms with Crippen LogP contribution in [0.25, 0.3) is 0 Å². The monoisotopic (exact) mass is 339 g/mol. The quantitative estimate of drug-likeness (QED) is 0.834. The van der Waals surface area contributed by atoms with Gasteiger partial charge in [-0.25, -0.2) is 15.0 Å². The minimum absolute atomic E-state index is 0.655. The van der Waals surface area contributed by atoms with Gasteiger partial charge in [0.05, 0.1) is 12.8 Å². The van der Waals surface area contributed by atoms with Crippen LogP contribution in [0.3, 0.4) is 0 Å². The molecule has 2 aliphatic rings. The van der Waals surface area contributed by atoms with Crippen molar-refractivity contribution in [2.75, 3.05) is 38.2 Å². The van der Waals surface area contributed by atoms with Gasteiger partial charge in [0, 0.05) is 56.5 Å². The number of hydrogen-bond donors (Lipinski definition) is 0. The number of nitrogens with zero attached hydrogens (tertiary/aromatic N) is 5. The molecule has 25 heavy (non-hydrogen) atoms. The molecule has 0 amide bonds. The lowest BCUT2D eigenvalue weighted by Crippen LogP contribution is -2.46. The predicted molar refractivity (Wildman–Crippen MR) is 96.9 cm³/mol. The summed E-state index contributed by atoms with van der Waals surface area (Å²) in [5, 5.41) is 0. The zero-order valence-electron chi connectivity index (χ0n) is 14.8. The summed E-state index contributed by atoms with van der Waals surface area (Å²) in [4.78, 5) is 18.3. The van der Waals surface area contributed by atoms with Crippen molar-refractivity contribution in [3.63, 3.8) is 0 Å². The van der Waals surface area contributed by atoms with Crippen LogP contribution in [0.5, 0.6) is 5.88 Å². The Balaban J connectivity index is 1.35. The fraction of sp³-hybridized carbons (Fsp3) is 0.526. The molecule has 0 unspecified atom stereocenters. The van der Waals surface area contributed by atoms with Crippen molar-refractivity contribution < 1.29 is 4.74 Å². The molecule has 2 aromatic heterocycles. The largest absolute Gasteiger partial charge is 0.481 e. The van der Waals surface area contributed by atoms with Crippen LogP contribution in [-0.4, -0.2) is 53.1 Å². The van der Waals surface area contributed by atoms with Crippen molar-refractivity contribution in [1.82, 2.24) is 19.9 Å². The molecule has 2 fully saturated rings. The minimum Gasteiger partial charge on any atom is -0.481 e. The zero-order valence-corrected chi connectivity index (χ0v) is 14.8. The molecule has 1 aliphatic carbocycles. The topological polar surface area (TPSA) is 54.4 Å². The second-order valence-corrected chi connectivity index (χ2v) is 6.86. The van der Waals surface area contributed by atoms with E-state index in [1.807, 2.05) is 12.1 Å². The summed E-state index contributed by atoms with van der Waals surface area (Å²) in [6, 6.07) is 8.14. The lowest BCUT2D eigenvalue weighted by Gasteiger charge is -2.35. The molecule has 1 aliphatic heterocycles. The van der Waals surface area contributed by atoms with E-state index < -0.39 is 0 Å². The molecule has 4 rings (SSSR count). The molecule has 6 nitrogen and oxygen atoms in total. The average Bonchev–Trinajstić information content (AvgIpc) is 2.61. The van der Waals surface area contributed by atoms with Gasteiger partial charge >= 0.3 is 0 Å². The van der Waals surface area contributed by atoms with E-state index in [1.165, 1.54) is 25.0 Å². The summed E-state index contributed by atoms with van der Waals surface area (Å²) in [6.45, 7) is 4.88. The first-order valence-electron chi connectivity index (χ1n) is 9.11. The van der Waals surface area contributed by atoms with Gasteiger partial charge in [-0.1, -0.05) is 12.5 Å². The number of pyridine rings is 1. The van der Waals surface area contributed by atoms with Crippen LogP contribution in [0.1, 0.15) is 36.6 Å². The van der Waals surface area contributed by atoms with Gasteiger partial charge in [0.1, 0.15) is 12.1 Å². The van der Waals surface area contributed by atoms with Gasteiger partial charge in [-0.15, -0.1) is 0 Å². The Morgan fingerprint density at radius 1 is 1.12 bits per heavy atom. The molecule has 0 spiro atoms. The first kappa shape index (κ1) is 16.3. The van der Waals surface area contributed by atoms with Gasteiger partial charge in [0.2, 0.25) is 5.88 Å². The van der Waals surface area contributed by atoms with Crippen LogP contribution in [0, 0.1) is 0 Å². The van der Waals surface area contributed by atoms with E-state index in [0.29, 0.717) is 11.8 Å². The molecule has 2 aromatic rings. The molecule has 0 bridgehead atoms. The van der Waals surface area contributed by atoms with Crippen molar-refractivity contribution in [2.45, 2.75) is 31.7 Å². The Kier molecular flexibility index (Phi) is 4.78. The summed E-state index contributed by atoms with van der Waals surface area (Å²) in [6.07, 6.45) is 5.62. The minimum atomic E-state index is 0.655. The molecular formula is C19H25N5O. The number of rotatable bonds is 5. The maximum Gasteiger partial charge on any atom is 0.213 e.